The van der Waals surface area contributed by atoms with Crippen molar-refractivity contribution in [2.75, 3.05) is 0 Å². The Morgan fingerprint density at radius 2 is 0.400 bits per heavy atom. The smallest absolute Gasteiger partial charge is 0.423 e. The molecule has 0 saturated heterocycles. The number of rotatable bonds is 8. The number of halogens is 1. The molecule has 0 fully saturated rings. The van der Waals surface area contributed by atoms with Gasteiger partial charge in [-0.1, -0.05) is 404 Å². The van der Waals surface area contributed by atoms with E-state index in [1.807, 2.05) is 36.4 Å². The molecule has 4 heteroatoms. The summed E-state index contributed by atoms with van der Waals surface area (Å²) in [5, 5.41) is 55.1. The van der Waals surface area contributed by atoms with Gasteiger partial charge in [0.25, 0.3) is 0 Å². The summed E-state index contributed by atoms with van der Waals surface area (Å²) >= 11 is 3.57. The molecule has 0 amide bonds. The van der Waals surface area contributed by atoms with Crippen LogP contribution < -0.4 is 5.46 Å². The molecular formula is C116H74BBrO2. The highest BCUT2D eigenvalue weighted by atomic mass is 79.9. The molecule has 0 aliphatic rings. The summed E-state index contributed by atoms with van der Waals surface area (Å²) in [7, 11) is -1.54. The van der Waals surface area contributed by atoms with Crippen molar-refractivity contribution in [1.29, 1.82) is 0 Å². The zero-order valence-electron chi connectivity index (χ0n) is 65.4. The second-order valence-corrected chi connectivity index (χ2v) is 32.3. The van der Waals surface area contributed by atoms with Crippen LogP contribution in [0.1, 0.15) is 0 Å². The molecule has 24 aromatic rings. The van der Waals surface area contributed by atoms with Gasteiger partial charge in [0.2, 0.25) is 0 Å². The van der Waals surface area contributed by atoms with Gasteiger partial charge in [-0.2, -0.15) is 0 Å². The average molecular weight is 1590 g/mol. The van der Waals surface area contributed by atoms with Crippen LogP contribution in [0.15, 0.2) is 441 Å². The molecule has 0 spiro atoms. The first-order chi connectivity index (χ1) is 59.3. The van der Waals surface area contributed by atoms with E-state index in [1.54, 1.807) is 0 Å². The number of hydrogen-bond acceptors (Lipinski definition) is 2. The van der Waals surface area contributed by atoms with Gasteiger partial charge in [0.05, 0.1) is 0 Å². The second-order valence-electron chi connectivity index (χ2n) is 31.4. The Hall–Kier alpha value is -14.6. The van der Waals surface area contributed by atoms with Gasteiger partial charge in [0.1, 0.15) is 0 Å². The molecule has 24 aromatic carbocycles. The predicted octanol–water partition coefficient (Wildman–Crippen LogP) is 31.3. The summed E-state index contributed by atoms with van der Waals surface area (Å²) < 4.78 is 1.10. The van der Waals surface area contributed by atoms with E-state index in [0.29, 0.717) is 5.46 Å². The summed E-state index contributed by atoms with van der Waals surface area (Å²) in [4.78, 5) is 0. The molecule has 120 heavy (non-hydrogen) atoms. The Balaban J connectivity index is 0.000000118. The van der Waals surface area contributed by atoms with Crippen molar-refractivity contribution < 1.29 is 10.0 Å². The second kappa shape index (κ2) is 30.1. The van der Waals surface area contributed by atoms with E-state index in [0.717, 1.165) is 42.7 Å². The summed E-state index contributed by atoms with van der Waals surface area (Å²) in [6.07, 6.45) is 0. The van der Waals surface area contributed by atoms with Crippen LogP contribution in [0, 0.1) is 0 Å². The molecule has 0 bridgehead atoms. The first kappa shape index (κ1) is 71.9. The van der Waals surface area contributed by atoms with Crippen LogP contribution in [-0.2, 0) is 0 Å². The number of benzene rings is 24. The summed E-state index contributed by atoms with van der Waals surface area (Å²) in [6, 6.07) is 158. The zero-order chi connectivity index (χ0) is 79.9. The molecule has 560 valence electrons. The molecule has 0 heterocycles. The van der Waals surface area contributed by atoms with Crippen molar-refractivity contribution >= 4 is 179 Å². The molecule has 0 radical (unpaired) electrons. The van der Waals surface area contributed by atoms with Gasteiger partial charge >= 0.3 is 7.12 Å². The normalized spacial score (nSPS) is 11.6. The molecule has 0 saturated carbocycles. The molecule has 2 nitrogen and oxygen atoms in total. The van der Waals surface area contributed by atoms with E-state index in [1.165, 1.54) is 190 Å². The Morgan fingerprint density at radius 1 is 0.158 bits per heavy atom. The van der Waals surface area contributed by atoms with Gasteiger partial charge in [-0.3, -0.25) is 0 Å². The van der Waals surface area contributed by atoms with E-state index in [9.17, 15) is 10.0 Å². The maximum atomic E-state index is 10.2. The van der Waals surface area contributed by atoms with Crippen LogP contribution in [0.25, 0.3) is 229 Å². The van der Waals surface area contributed by atoms with E-state index >= 15 is 0 Å². The number of fused-ring (bicyclic) bond motifs is 22. The van der Waals surface area contributed by atoms with Gasteiger partial charge in [-0.25, -0.2) is 0 Å². The quantitative estimate of drug-likeness (QED) is 0.0904. The fraction of sp³-hybridized carbons (Fsp3) is 0. The lowest BCUT2D eigenvalue weighted by atomic mass is 9.72. The summed E-state index contributed by atoms with van der Waals surface area (Å²) in [6.45, 7) is 0. The minimum absolute atomic E-state index is 0.552. The SMILES string of the molecule is Brc1ccc(-c2cc3c4ccccc4c4ccccc4c3c3ccccc23)cc1.OB(O)c1c2ccccc2c(-c2cccc(-c3ccc4ccccc4c3)c2)c2ccccc12.c1cc(-c2ccc3ccccc3c2)cc(-c2c3ccccc3c(-c3ccc(-c4cc5c6ccccc6c6ccccc6c5c5ccccc45)cc3)c3ccccc23)c1. The monoisotopic (exact) mass is 1590 g/mol. The van der Waals surface area contributed by atoms with Crippen molar-refractivity contribution in [2.24, 2.45) is 0 Å². The highest BCUT2D eigenvalue weighted by Gasteiger charge is 2.25. The van der Waals surface area contributed by atoms with Gasteiger partial charge in [0, 0.05) is 4.47 Å². The molecular weight excluding hydrogens is 1520 g/mol. The third-order valence-electron chi connectivity index (χ3n) is 24.8. The van der Waals surface area contributed by atoms with Gasteiger partial charge in [-0.05, 0) is 283 Å². The predicted molar refractivity (Wildman–Crippen MR) is 520 cm³/mol. The third kappa shape index (κ3) is 12.4. The lowest BCUT2D eigenvalue weighted by molar-refractivity contribution is 0.426. The lowest BCUT2D eigenvalue weighted by Gasteiger charge is -2.19. The molecule has 24 rings (SSSR count). The summed E-state index contributed by atoms with van der Waals surface area (Å²) in [5.41, 5.74) is 17.5. The minimum atomic E-state index is -1.54. The summed E-state index contributed by atoms with van der Waals surface area (Å²) in [5.74, 6) is 0. The van der Waals surface area contributed by atoms with Crippen LogP contribution >= 0.6 is 15.9 Å². The van der Waals surface area contributed by atoms with E-state index in [2.05, 4.69) is 416 Å². The van der Waals surface area contributed by atoms with E-state index in [-0.39, 0.29) is 0 Å². The highest BCUT2D eigenvalue weighted by Crippen LogP contribution is 2.49. The van der Waals surface area contributed by atoms with Crippen molar-refractivity contribution in [1.82, 2.24) is 0 Å². The average Bonchev–Trinajstić information content (AvgIpc) is 0.733. The van der Waals surface area contributed by atoms with Crippen molar-refractivity contribution in [3.05, 3.63) is 441 Å². The van der Waals surface area contributed by atoms with Crippen LogP contribution in [0.5, 0.6) is 0 Å². The first-order valence-corrected chi connectivity index (χ1v) is 41.9. The van der Waals surface area contributed by atoms with Crippen molar-refractivity contribution in [3.8, 4) is 77.9 Å². The molecule has 0 aromatic heterocycles. The Morgan fingerprint density at radius 3 is 0.767 bits per heavy atom. The topological polar surface area (TPSA) is 40.5 Å². The Bertz CT molecular complexity index is 8160. The lowest BCUT2D eigenvalue weighted by Crippen LogP contribution is -2.31. The molecule has 0 aliphatic carbocycles. The van der Waals surface area contributed by atoms with Crippen LogP contribution in [0.4, 0.5) is 0 Å². The van der Waals surface area contributed by atoms with E-state index < -0.39 is 7.12 Å². The third-order valence-corrected chi connectivity index (χ3v) is 25.3. The molecule has 0 atom stereocenters. The van der Waals surface area contributed by atoms with Gasteiger partial charge in [-0.15, -0.1) is 0 Å². The standard InChI is InChI=1S/C58H36.C30H21BO2.C28H17Br/c1-2-15-40-34-42(33-28-37(40)14-1)41-16-13-17-43(35-41)57-52-26-11-9-24-50(52)56(51-25-10-12-27-53(51)57)39-31-29-38(30-32-39)54-36-55-46-20-4-3-18-44(46)45-19-5-7-22-48(45)58(55)49-23-8-6-21-47(49)54;32-31(33)30-27-14-5-3-12-25(27)29(26-13-4-6-15-28(26)30)24-11-7-10-22(19-24)23-17-16-20-8-1-2-9-21(20)18-23;29-19-15-13-18(14-16-19)26-17-27-22-9-2-1-7-20(22)21-8-3-5-11-24(21)28(27)25-12-6-4-10-23(25)26/h1-36H;1-19,32-33H;1-17H. The Labute approximate surface area is 703 Å². The fourth-order valence-corrected chi connectivity index (χ4v) is 19.7. The van der Waals surface area contributed by atoms with Gasteiger partial charge in [0.15, 0.2) is 0 Å². The maximum absolute atomic E-state index is 10.2. The molecule has 2 N–H and O–H groups in total. The maximum Gasteiger partial charge on any atom is 0.489 e. The van der Waals surface area contributed by atoms with Crippen LogP contribution in [0.3, 0.4) is 0 Å². The van der Waals surface area contributed by atoms with Crippen molar-refractivity contribution in [3.63, 3.8) is 0 Å². The zero-order valence-corrected chi connectivity index (χ0v) is 67.0. The number of hydrogen-bond donors (Lipinski definition) is 2. The van der Waals surface area contributed by atoms with Crippen molar-refractivity contribution in [2.45, 2.75) is 0 Å². The van der Waals surface area contributed by atoms with E-state index in [4.69, 9.17) is 0 Å². The fourth-order valence-electron chi connectivity index (χ4n) is 19.4. The molecule has 0 aliphatic heterocycles. The Kier molecular flexibility index (Phi) is 18.1. The first-order valence-electron chi connectivity index (χ1n) is 41.1. The van der Waals surface area contributed by atoms with Gasteiger partial charge < -0.3 is 10.0 Å². The minimum Gasteiger partial charge on any atom is -0.423 e. The largest absolute Gasteiger partial charge is 0.489 e. The molecule has 0 unspecified atom stereocenters. The van der Waals surface area contributed by atoms with Crippen LogP contribution in [0.2, 0.25) is 0 Å². The van der Waals surface area contributed by atoms with Crippen LogP contribution in [-0.4, -0.2) is 17.2 Å². The highest BCUT2D eigenvalue weighted by molar-refractivity contribution is 9.10.